The largest absolute Gasteiger partial charge is 0.359 e. The van der Waals surface area contributed by atoms with E-state index in [0.717, 1.165) is 13.1 Å². The van der Waals surface area contributed by atoms with E-state index >= 15 is 0 Å². The van der Waals surface area contributed by atoms with E-state index in [1.54, 1.807) is 0 Å². The summed E-state index contributed by atoms with van der Waals surface area (Å²) in [4.78, 5) is 2.47. The lowest BCUT2D eigenvalue weighted by atomic mass is 10.0. The molecule has 1 aliphatic heterocycles. The number of hydrogen-bond acceptors (Lipinski definition) is 3. The molecular formula is C17H24N4. The lowest BCUT2D eigenvalue weighted by Crippen LogP contribution is -2.51. The summed E-state index contributed by atoms with van der Waals surface area (Å²) in [6.45, 7) is 8.53. The van der Waals surface area contributed by atoms with E-state index in [-0.39, 0.29) is 0 Å². The Morgan fingerprint density at radius 1 is 1.24 bits per heavy atom. The number of rotatable bonds is 3. The molecule has 0 radical (unpaired) electrons. The molecule has 4 nitrogen and oxygen atoms in total. The molecule has 2 heterocycles. The van der Waals surface area contributed by atoms with Crippen molar-refractivity contribution in [2.75, 3.05) is 18.0 Å². The molecule has 1 saturated heterocycles. The van der Waals surface area contributed by atoms with Gasteiger partial charge < -0.3 is 10.2 Å². The van der Waals surface area contributed by atoms with Gasteiger partial charge in [0.25, 0.3) is 0 Å². The highest BCUT2D eigenvalue weighted by atomic mass is 15.3. The molecule has 3 rings (SSSR count). The maximum absolute atomic E-state index is 4.50. The predicted octanol–water partition coefficient (Wildman–Crippen LogP) is 3.00. The third-order valence-corrected chi connectivity index (χ3v) is 4.14. The van der Waals surface area contributed by atoms with E-state index in [0.29, 0.717) is 18.1 Å². The van der Waals surface area contributed by atoms with Crippen LogP contribution in [0.4, 0.5) is 5.69 Å². The zero-order valence-electron chi connectivity index (χ0n) is 13.0. The van der Waals surface area contributed by atoms with Crippen LogP contribution in [0.1, 0.15) is 38.4 Å². The number of aromatic nitrogens is 2. The lowest BCUT2D eigenvalue weighted by molar-refractivity contribution is 0.416. The van der Waals surface area contributed by atoms with E-state index in [4.69, 9.17) is 0 Å². The Kier molecular flexibility index (Phi) is 3.97. The van der Waals surface area contributed by atoms with Crippen molar-refractivity contribution in [1.82, 2.24) is 15.1 Å². The van der Waals surface area contributed by atoms with Crippen LogP contribution in [0.3, 0.4) is 0 Å². The molecule has 112 valence electrons. The van der Waals surface area contributed by atoms with Crippen molar-refractivity contribution in [1.29, 1.82) is 0 Å². The van der Waals surface area contributed by atoms with Gasteiger partial charge in [0.15, 0.2) is 0 Å². The summed E-state index contributed by atoms with van der Waals surface area (Å²) in [7, 11) is 0. The maximum Gasteiger partial charge on any atom is 0.0758 e. The number of nitrogens with zero attached hydrogens (tertiary/aromatic N) is 3. The van der Waals surface area contributed by atoms with Crippen LogP contribution < -0.4 is 10.2 Å². The van der Waals surface area contributed by atoms with Gasteiger partial charge in [-0.15, -0.1) is 0 Å². The summed E-state index contributed by atoms with van der Waals surface area (Å²) >= 11 is 0. The number of benzene rings is 1. The molecule has 0 bridgehead atoms. The fourth-order valence-corrected chi connectivity index (χ4v) is 2.93. The minimum atomic E-state index is 0.368. The van der Waals surface area contributed by atoms with Gasteiger partial charge in [0, 0.05) is 31.4 Å². The molecule has 0 amide bonds. The molecule has 2 aromatic rings. The SMILES string of the molecule is CC1CN(c2cnn(C(C)C)c2)C(c2ccccc2)CN1. The third kappa shape index (κ3) is 2.95. The monoisotopic (exact) mass is 284 g/mol. The molecule has 0 aliphatic carbocycles. The predicted molar refractivity (Wildman–Crippen MR) is 86.6 cm³/mol. The van der Waals surface area contributed by atoms with Gasteiger partial charge in [0.05, 0.1) is 17.9 Å². The van der Waals surface area contributed by atoms with Crippen molar-refractivity contribution in [3.8, 4) is 0 Å². The first-order valence-corrected chi connectivity index (χ1v) is 7.74. The van der Waals surface area contributed by atoms with Gasteiger partial charge in [-0.25, -0.2) is 0 Å². The zero-order valence-corrected chi connectivity index (χ0v) is 13.0. The Labute approximate surface area is 126 Å². The Morgan fingerprint density at radius 3 is 2.67 bits per heavy atom. The van der Waals surface area contributed by atoms with E-state index in [1.165, 1.54) is 11.3 Å². The molecule has 1 aromatic carbocycles. The fraction of sp³-hybridized carbons (Fsp3) is 0.471. The van der Waals surface area contributed by atoms with Crippen molar-refractivity contribution >= 4 is 5.69 Å². The molecule has 0 spiro atoms. The summed E-state index contributed by atoms with van der Waals surface area (Å²) in [5.41, 5.74) is 2.57. The van der Waals surface area contributed by atoms with Crippen LogP contribution in [0.2, 0.25) is 0 Å². The Morgan fingerprint density at radius 2 is 2.00 bits per heavy atom. The van der Waals surface area contributed by atoms with E-state index in [1.807, 2.05) is 10.9 Å². The first-order chi connectivity index (χ1) is 10.1. The third-order valence-electron chi connectivity index (χ3n) is 4.14. The van der Waals surface area contributed by atoms with Crippen molar-refractivity contribution < 1.29 is 0 Å². The van der Waals surface area contributed by atoms with Crippen LogP contribution in [0.15, 0.2) is 42.7 Å². The fourth-order valence-electron chi connectivity index (χ4n) is 2.93. The summed E-state index contributed by atoms with van der Waals surface area (Å²) in [5, 5.41) is 8.09. The normalized spacial score (nSPS) is 22.8. The van der Waals surface area contributed by atoms with Gasteiger partial charge in [0.1, 0.15) is 0 Å². The quantitative estimate of drug-likeness (QED) is 0.940. The van der Waals surface area contributed by atoms with Crippen molar-refractivity contribution in [3.05, 3.63) is 48.3 Å². The second-order valence-electron chi connectivity index (χ2n) is 6.16. The molecule has 4 heteroatoms. The first-order valence-electron chi connectivity index (χ1n) is 7.74. The van der Waals surface area contributed by atoms with Crippen LogP contribution in [0.5, 0.6) is 0 Å². The standard InChI is InChI=1S/C17H24N4/c1-13(2)21-12-16(9-19-21)20-11-14(3)18-10-17(20)15-7-5-4-6-8-15/h4-9,12-14,17-18H,10-11H2,1-3H3. The van der Waals surface area contributed by atoms with Gasteiger partial charge in [-0.1, -0.05) is 30.3 Å². The van der Waals surface area contributed by atoms with Crippen LogP contribution >= 0.6 is 0 Å². The molecule has 0 saturated carbocycles. The summed E-state index contributed by atoms with van der Waals surface area (Å²) in [6, 6.07) is 12.0. The molecule has 2 atom stereocenters. The number of piperazine rings is 1. The van der Waals surface area contributed by atoms with Crippen molar-refractivity contribution in [3.63, 3.8) is 0 Å². The van der Waals surface area contributed by atoms with Crippen LogP contribution in [0.25, 0.3) is 0 Å². The average molecular weight is 284 g/mol. The molecule has 21 heavy (non-hydrogen) atoms. The second-order valence-corrected chi connectivity index (χ2v) is 6.16. The van der Waals surface area contributed by atoms with Gasteiger partial charge in [0.2, 0.25) is 0 Å². The van der Waals surface area contributed by atoms with Crippen molar-refractivity contribution in [2.24, 2.45) is 0 Å². The van der Waals surface area contributed by atoms with Crippen molar-refractivity contribution in [2.45, 2.75) is 38.9 Å². The number of anilines is 1. The highest BCUT2D eigenvalue weighted by molar-refractivity contribution is 5.47. The Hall–Kier alpha value is -1.81. The highest BCUT2D eigenvalue weighted by Gasteiger charge is 2.28. The number of hydrogen-bond donors (Lipinski definition) is 1. The van der Waals surface area contributed by atoms with E-state index < -0.39 is 0 Å². The summed E-state index contributed by atoms with van der Waals surface area (Å²) < 4.78 is 2.03. The Balaban J connectivity index is 1.91. The minimum Gasteiger partial charge on any atom is -0.359 e. The van der Waals surface area contributed by atoms with Gasteiger partial charge in [-0.3, -0.25) is 4.68 Å². The molecule has 1 aromatic heterocycles. The van der Waals surface area contributed by atoms with Crippen LogP contribution in [-0.2, 0) is 0 Å². The Bertz CT molecular complexity index is 575. The topological polar surface area (TPSA) is 33.1 Å². The molecule has 1 fully saturated rings. The first kappa shape index (κ1) is 14.1. The number of nitrogens with one attached hydrogen (secondary N) is 1. The molecule has 1 aliphatic rings. The van der Waals surface area contributed by atoms with Gasteiger partial charge in [-0.05, 0) is 26.3 Å². The molecular weight excluding hydrogens is 260 g/mol. The van der Waals surface area contributed by atoms with Crippen LogP contribution in [0, 0.1) is 0 Å². The summed E-state index contributed by atoms with van der Waals surface area (Å²) in [6.07, 6.45) is 4.16. The smallest absolute Gasteiger partial charge is 0.0758 e. The zero-order chi connectivity index (χ0) is 14.8. The van der Waals surface area contributed by atoms with Crippen LogP contribution in [-0.4, -0.2) is 28.9 Å². The maximum atomic E-state index is 4.50. The molecule has 1 N–H and O–H groups in total. The van der Waals surface area contributed by atoms with E-state index in [2.05, 4.69) is 72.6 Å². The molecule has 2 unspecified atom stereocenters. The van der Waals surface area contributed by atoms with Gasteiger partial charge >= 0.3 is 0 Å². The average Bonchev–Trinajstić information content (AvgIpc) is 2.98. The summed E-state index contributed by atoms with van der Waals surface area (Å²) in [5.74, 6) is 0. The lowest BCUT2D eigenvalue weighted by Gasteiger charge is -2.40. The highest BCUT2D eigenvalue weighted by Crippen LogP contribution is 2.29. The van der Waals surface area contributed by atoms with Gasteiger partial charge in [-0.2, -0.15) is 5.10 Å². The minimum absolute atomic E-state index is 0.368. The van der Waals surface area contributed by atoms with E-state index in [9.17, 15) is 0 Å². The second kappa shape index (κ2) is 5.90.